The number of rotatable bonds is 4. The van der Waals surface area contributed by atoms with Gasteiger partial charge in [0.25, 0.3) is 0 Å². The largest absolute Gasteiger partial charge is 0.467 e. The minimum Gasteiger partial charge on any atom is -0.467 e. The number of anilines is 1. The van der Waals surface area contributed by atoms with Gasteiger partial charge in [0.05, 0.1) is 7.11 Å². The molecule has 0 saturated heterocycles. The zero-order valence-corrected chi connectivity index (χ0v) is 10.0. The van der Waals surface area contributed by atoms with Gasteiger partial charge in [-0.25, -0.2) is 14.8 Å². The summed E-state index contributed by atoms with van der Waals surface area (Å²) in [5.41, 5.74) is 0.977. The summed E-state index contributed by atoms with van der Waals surface area (Å²) in [5.74, 6) is 0.242. The Morgan fingerprint density at radius 2 is 1.94 bits per heavy atom. The molecule has 0 aliphatic carbocycles. The first kappa shape index (κ1) is 12.4. The van der Waals surface area contributed by atoms with Gasteiger partial charge in [0.2, 0.25) is 5.95 Å². The number of hydrogen-bond acceptors (Lipinski definition) is 5. The average Bonchev–Trinajstić information content (AvgIpc) is 2.27. The standard InChI is InChI=1S/C11H17N3O2/c1-7(2)9(10(15)16-4)14-11-12-5-8(3)6-13-11/h5-7,9H,1-4H3,(H,12,13,14). The summed E-state index contributed by atoms with van der Waals surface area (Å²) in [6.07, 6.45) is 3.40. The Balaban J connectivity index is 2.75. The SMILES string of the molecule is COC(=O)C(Nc1ncc(C)cn1)C(C)C. The molecule has 0 aromatic carbocycles. The fourth-order valence-corrected chi connectivity index (χ4v) is 1.23. The van der Waals surface area contributed by atoms with Crippen LogP contribution in [0.3, 0.4) is 0 Å². The first-order valence-corrected chi connectivity index (χ1v) is 5.17. The molecule has 0 radical (unpaired) electrons. The summed E-state index contributed by atoms with van der Waals surface area (Å²) in [7, 11) is 1.37. The van der Waals surface area contributed by atoms with Gasteiger partial charge < -0.3 is 10.1 Å². The van der Waals surface area contributed by atoms with Gasteiger partial charge in [-0.05, 0) is 18.4 Å². The number of methoxy groups -OCH3 is 1. The van der Waals surface area contributed by atoms with Crippen molar-refractivity contribution in [2.24, 2.45) is 5.92 Å². The van der Waals surface area contributed by atoms with Crippen LogP contribution in [0, 0.1) is 12.8 Å². The van der Waals surface area contributed by atoms with Gasteiger partial charge in [-0.3, -0.25) is 0 Å². The second-order valence-electron chi connectivity index (χ2n) is 3.97. The zero-order chi connectivity index (χ0) is 12.1. The lowest BCUT2D eigenvalue weighted by Gasteiger charge is -2.19. The van der Waals surface area contributed by atoms with E-state index < -0.39 is 6.04 Å². The van der Waals surface area contributed by atoms with Crippen molar-refractivity contribution in [3.05, 3.63) is 18.0 Å². The Labute approximate surface area is 95.3 Å². The number of carbonyl (C=O) groups excluding carboxylic acids is 1. The fourth-order valence-electron chi connectivity index (χ4n) is 1.23. The van der Waals surface area contributed by atoms with Crippen LogP contribution in [-0.2, 0) is 9.53 Å². The maximum Gasteiger partial charge on any atom is 0.328 e. The third-order valence-corrected chi connectivity index (χ3v) is 2.19. The number of ether oxygens (including phenoxy) is 1. The van der Waals surface area contributed by atoms with Crippen LogP contribution in [0.5, 0.6) is 0 Å². The molecule has 1 aromatic heterocycles. The number of nitrogens with one attached hydrogen (secondary N) is 1. The van der Waals surface area contributed by atoms with E-state index in [-0.39, 0.29) is 11.9 Å². The number of aromatic nitrogens is 2. The van der Waals surface area contributed by atoms with Gasteiger partial charge in [-0.2, -0.15) is 0 Å². The molecule has 0 saturated carbocycles. The van der Waals surface area contributed by atoms with E-state index in [1.54, 1.807) is 12.4 Å². The second-order valence-corrected chi connectivity index (χ2v) is 3.97. The number of hydrogen-bond donors (Lipinski definition) is 1. The second kappa shape index (κ2) is 5.44. The molecule has 0 spiro atoms. The molecule has 1 N–H and O–H groups in total. The molecule has 0 fully saturated rings. The predicted molar refractivity (Wildman–Crippen MR) is 61.0 cm³/mol. The van der Waals surface area contributed by atoms with Crippen molar-refractivity contribution in [1.82, 2.24) is 9.97 Å². The summed E-state index contributed by atoms with van der Waals surface area (Å²) in [5, 5.41) is 2.96. The van der Waals surface area contributed by atoms with Crippen LogP contribution in [0.2, 0.25) is 0 Å². The molecule has 5 heteroatoms. The third-order valence-electron chi connectivity index (χ3n) is 2.19. The molecule has 1 unspecified atom stereocenters. The van der Waals surface area contributed by atoms with E-state index in [0.717, 1.165) is 5.56 Å². The van der Waals surface area contributed by atoms with Gasteiger partial charge in [0.1, 0.15) is 6.04 Å². The summed E-state index contributed by atoms with van der Waals surface area (Å²) in [6, 6.07) is -0.423. The molecule has 0 bridgehead atoms. The molecule has 1 heterocycles. The maximum atomic E-state index is 11.5. The van der Waals surface area contributed by atoms with E-state index in [0.29, 0.717) is 5.95 Å². The molecule has 1 rings (SSSR count). The van der Waals surface area contributed by atoms with E-state index in [9.17, 15) is 4.79 Å². The van der Waals surface area contributed by atoms with Gasteiger partial charge in [0.15, 0.2) is 0 Å². The Morgan fingerprint density at radius 3 is 2.38 bits per heavy atom. The molecule has 0 aliphatic heterocycles. The summed E-state index contributed by atoms with van der Waals surface area (Å²) in [6.45, 7) is 5.77. The van der Waals surface area contributed by atoms with Gasteiger partial charge >= 0.3 is 5.97 Å². The van der Waals surface area contributed by atoms with E-state index in [4.69, 9.17) is 4.74 Å². The van der Waals surface area contributed by atoms with Crippen molar-refractivity contribution >= 4 is 11.9 Å². The summed E-state index contributed by atoms with van der Waals surface area (Å²) in [4.78, 5) is 19.7. The number of esters is 1. The molecule has 1 aromatic rings. The van der Waals surface area contributed by atoms with E-state index >= 15 is 0 Å². The molecular weight excluding hydrogens is 206 g/mol. The topological polar surface area (TPSA) is 64.1 Å². The Morgan fingerprint density at radius 1 is 1.38 bits per heavy atom. The van der Waals surface area contributed by atoms with Crippen LogP contribution in [0.1, 0.15) is 19.4 Å². The van der Waals surface area contributed by atoms with Crippen LogP contribution in [0.25, 0.3) is 0 Å². The lowest BCUT2D eigenvalue weighted by molar-refractivity contribution is -0.142. The van der Waals surface area contributed by atoms with Crippen molar-refractivity contribution in [2.45, 2.75) is 26.8 Å². The van der Waals surface area contributed by atoms with E-state index in [2.05, 4.69) is 15.3 Å². The number of aryl methyl sites for hydroxylation is 1. The van der Waals surface area contributed by atoms with Crippen molar-refractivity contribution < 1.29 is 9.53 Å². The highest BCUT2D eigenvalue weighted by Crippen LogP contribution is 2.09. The van der Waals surface area contributed by atoms with Crippen LogP contribution in [0.4, 0.5) is 5.95 Å². The van der Waals surface area contributed by atoms with Crippen LogP contribution < -0.4 is 5.32 Å². The number of nitrogens with zero attached hydrogens (tertiary/aromatic N) is 2. The summed E-state index contributed by atoms with van der Waals surface area (Å²) < 4.78 is 4.71. The molecule has 0 aliphatic rings. The van der Waals surface area contributed by atoms with Gasteiger partial charge in [-0.1, -0.05) is 13.8 Å². The lowest BCUT2D eigenvalue weighted by Crippen LogP contribution is -2.36. The quantitative estimate of drug-likeness (QED) is 0.781. The molecular formula is C11H17N3O2. The normalized spacial score (nSPS) is 12.3. The van der Waals surface area contributed by atoms with E-state index in [1.807, 2.05) is 20.8 Å². The van der Waals surface area contributed by atoms with Gasteiger partial charge in [-0.15, -0.1) is 0 Å². The smallest absolute Gasteiger partial charge is 0.328 e. The van der Waals surface area contributed by atoms with Crippen molar-refractivity contribution in [2.75, 3.05) is 12.4 Å². The fraction of sp³-hybridized carbons (Fsp3) is 0.545. The summed E-state index contributed by atoms with van der Waals surface area (Å²) >= 11 is 0. The molecule has 1 atom stereocenters. The van der Waals surface area contributed by atoms with E-state index in [1.165, 1.54) is 7.11 Å². The molecule has 88 valence electrons. The maximum absolute atomic E-state index is 11.5. The average molecular weight is 223 g/mol. The van der Waals surface area contributed by atoms with Crippen LogP contribution in [-0.4, -0.2) is 29.1 Å². The first-order chi connectivity index (χ1) is 7.54. The first-order valence-electron chi connectivity index (χ1n) is 5.17. The van der Waals surface area contributed by atoms with Crippen molar-refractivity contribution in [1.29, 1.82) is 0 Å². The monoisotopic (exact) mass is 223 g/mol. The minimum atomic E-state index is -0.423. The Kier molecular flexibility index (Phi) is 4.22. The van der Waals surface area contributed by atoms with Crippen molar-refractivity contribution in [3.8, 4) is 0 Å². The Bertz CT molecular complexity index is 349. The minimum absolute atomic E-state index is 0.109. The van der Waals surface area contributed by atoms with Crippen LogP contribution in [0.15, 0.2) is 12.4 Å². The lowest BCUT2D eigenvalue weighted by atomic mass is 10.1. The molecule has 0 amide bonds. The zero-order valence-electron chi connectivity index (χ0n) is 10.0. The Hall–Kier alpha value is -1.65. The highest BCUT2D eigenvalue weighted by atomic mass is 16.5. The van der Waals surface area contributed by atoms with Crippen LogP contribution >= 0.6 is 0 Å². The molecule has 16 heavy (non-hydrogen) atoms. The predicted octanol–water partition coefficient (Wildman–Crippen LogP) is 1.39. The van der Waals surface area contributed by atoms with Gasteiger partial charge in [0, 0.05) is 12.4 Å². The van der Waals surface area contributed by atoms with Crippen molar-refractivity contribution in [3.63, 3.8) is 0 Å². The third kappa shape index (κ3) is 3.18. The highest BCUT2D eigenvalue weighted by Gasteiger charge is 2.23. The number of carbonyl (C=O) groups is 1. The highest BCUT2D eigenvalue weighted by molar-refractivity contribution is 5.78. The molecule has 5 nitrogen and oxygen atoms in total.